The Morgan fingerprint density at radius 2 is 2.00 bits per heavy atom. The molecule has 5 nitrogen and oxygen atoms in total. The van der Waals surface area contributed by atoms with Crippen molar-refractivity contribution in [1.29, 1.82) is 0 Å². The Labute approximate surface area is 149 Å². The summed E-state index contributed by atoms with van der Waals surface area (Å²) in [7, 11) is 0.172. The van der Waals surface area contributed by atoms with E-state index in [-0.39, 0.29) is 10.3 Å². The van der Waals surface area contributed by atoms with E-state index < -0.39 is 15.8 Å². The highest BCUT2D eigenvalue weighted by Gasteiger charge is 2.48. The van der Waals surface area contributed by atoms with Gasteiger partial charge < -0.3 is 9.64 Å². The SMILES string of the molecule is COCC1CN(C)CC12CCN(S(=O)(=O)c1cc(F)ccc1C)CC2. The minimum atomic E-state index is -3.66. The van der Waals surface area contributed by atoms with Crippen LogP contribution in [-0.2, 0) is 14.8 Å². The Balaban J connectivity index is 1.78. The molecule has 1 unspecified atom stereocenters. The summed E-state index contributed by atoms with van der Waals surface area (Å²) in [6.07, 6.45) is 1.64. The zero-order chi connectivity index (χ0) is 18.2. The third-order valence-electron chi connectivity index (χ3n) is 5.84. The number of rotatable bonds is 4. The molecule has 2 aliphatic rings. The van der Waals surface area contributed by atoms with Crippen LogP contribution in [0.4, 0.5) is 4.39 Å². The smallest absolute Gasteiger partial charge is 0.243 e. The zero-order valence-corrected chi connectivity index (χ0v) is 16.0. The van der Waals surface area contributed by atoms with Gasteiger partial charge in [-0.25, -0.2) is 12.8 Å². The molecular weight excluding hydrogens is 343 g/mol. The van der Waals surface area contributed by atoms with Crippen molar-refractivity contribution >= 4 is 10.0 Å². The Bertz CT molecular complexity index is 730. The van der Waals surface area contributed by atoms with Crippen molar-refractivity contribution in [3.8, 4) is 0 Å². The van der Waals surface area contributed by atoms with E-state index in [0.29, 0.717) is 31.2 Å². The van der Waals surface area contributed by atoms with Crippen LogP contribution < -0.4 is 0 Å². The van der Waals surface area contributed by atoms with Crippen LogP contribution in [0.15, 0.2) is 23.1 Å². The molecule has 3 rings (SSSR count). The van der Waals surface area contributed by atoms with E-state index >= 15 is 0 Å². The first-order chi connectivity index (χ1) is 11.8. The molecule has 0 aliphatic carbocycles. The molecule has 2 heterocycles. The molecular formula is C18H27FN2O3S. The summed E-state index contributed by atoms with van der Waals surface area (Å²) in [6, 6.07) is 3.95. The number of hydrogen-bond donors (Lipinski definition) is 0. The van der Waals surface area contributed by atoms with Gasteiger partial charge in [0.15, 0.2) is 0 Å². The first-order valence-corrected chi connectivity index (χ1v) is 10.2. The lowest BCUT2D eigenvalue weighted by atomic mass is 9.71. The van der Waals surface area contributed by atoms with Gasteiger partial charge in [-0.1, -0.05) is 6.07 Å². The molecule has 0 aromatic heterocycles. The molecule has 140 valence electrons. The molecule has 1 aromatic carbocycles. The topological polar surface area (TPSA) is 49.9 Å². The summed E-state index contributed by atoms with van der Waals surface area (Å²) in [5.74, 6) is -0.0847. The van der Waals surface area contributed by atoms with Gasteiger partial charge in [0.25, 0.3) is 0 Å². The van der Waals surface area contributed by atoms with Crippen molar-refractivity contribution in [3.05, 3.63) is 29.6 Å². The lowest BCUT2D eigenvalue weighted by Gasteiger charge is -2.42. The molecule has 0 radical (unpaired) electrons. The number of sulfonamides is 1. The Morgan fingerprint density at radius 3 is 2.64 bits per heavy atom. The van der Waals surface area contributed by atoms with E-state index in [2.05, 4.69) is 11.9 Å². The first-order valence-electron chi connectivity index (χ1n) is 8.72. The lowest BCUT2D eigenvalue weighted by molar-refractivity contribution is 0.0569. The zero-order valence-electron chi connectivity index (χ0n) is 15.2. The van der Waals surface area contributed by atoms with E-state index in [4.69, 9.17) is 4.74 Å². The van der Waals surface area contributed by atoms with E-state index in [1.807, 2.05) is 0 Å². The van der Waals surface area contributed by atoms with Crippen LogP contribution in [-0.4, -0.2) is 64.6 Å². The number of hydrogen-bond acceptors (Lipinski definition) is 4. The molecule has 2 fully saturated rings. The summed E-state index contributed by atoms with van der Waals surface area (Å²) in [5, 5.41) is 0. The summed E-state index contributed by atoms with van der Waals surface area (Å²) < 4.78 is 46.4. The van der Waals surface area contributed by atoms with Gasteiger partial charge in [-0.3, -0.25) is 0 Å². The van der Waals surface area contributed by atoms with Gasteiger partial charge in [-0.05, 0) is 49.9 Å². The van der Waals surface area contributed by atoms with E-state index in [0.717, 1.165) is 32.0 Å². The van der Waals surface area contributed by atoms with Gasteiger partial charge >= 0.3 is 0 Å². The molecule has 2 saturated heterocycles. The van der Waals surface area contributed by atoms with Crippen LogP contribution in [0, 0.1) is 24.1 Å². The monoisotopic (exact) mass is 370 g/mol. The van der Waals surface area contributed by atoms with Crippen molar-refractivity contribution in [2.24, 2.45) is 11.3 Å². The lowest BCUT2D eigenvalue weighted by Crippen LogP contribution is -2.47. The summed E-state index contributed by atoms with van der Waals surface area (Å²) >= 11 is 0. The van der Waals surface area contributed by atoms with Crippen LogP contribution >= 0.6 is 0 Å². The summed E-state index contributed by atoms with van der Waals surface area (Å²) in [4.78, 5) is 2.39. The van der Waals surface area contributed by atoms with Gasteiger partial charge in [-0.2, -0.15) is 4.31 Å². The molecule has 7 heteroatoms. The van der Waals surface area contributed by atoms with Crippen LogP contribution in [0.25, 0.3) is 0 Å². The molecule has 1 aromatic rings. The van der Waals surface area contributed by atoms with Crippen molar-refractivity contribution in [3.63, 3.8) is 0 Å². The van der Waals surface area contributed by atoms with Crippen molar-refractivity contribution in [2.75, 3.05) is 46.9 Å². The van der Waals surface area contributed by atoms with E-state index in [1.54, 1.807) is 14.0 Å². The largest absolute Gasteiger partial charge is 0.384 e. The van der Waals surface area contributed by atoms with Crippen LogP contribution in [0.5, 0.6) is 0 Å². The molecule has 0 amide bonds. The second-order valence-electron chi connectivity index (χ2n) is 7.53. The molecule has 25 heavy (non-hydrogen) atoms. The fourth-order valence-electron chi connectivity index (χ4n) is 4.46. The highest BCUT2D eigenvalue weighted by molar-refractivity contribution is 7.89. The van der Waals surface area contributed by atoms with Crippen LogP contribution in [0.2, 0.25) is 0 Å². The third kappa shape index (κ3) is 3.47. The predicted octanol–water partition coefficient (Wildman–Crippen LogP) is 2.11. The van der Waals surface area contributed by atoms with Crippen LogP contribution in [0.3, 0.4) is 0 Å². The highest BCUT2D eigenvalue weighted by atomic mass is 32.2. The minimum Gasteiger partial charge on any atom is -0.384 e. The van der Waals surface area contributed by atoms with Crippen LogP contribution in [0.1, 0.15) is 18.4 Å². The van der Waals surface area contributed by atoms with Gasteiger partial charge in [0.2, 0.25) is 10.0 Å². The third-order valence-corrected chi connectivity index (χ3v) is 7.88. The molecule has 0 bridgehead atoms. The van der Waals surface area contributed by atoms with Gasteiger partial charge in [-0.15, -0.1) is 0 Å². The average molecular weight is 370 g/mol. The molecule has 2 aliphatic heterocycles. The number of halogens is 1. The second-order valence-corrected chi connectivity index (χ2v) is 9.43. The Morgan fingerprint density at radius 1 is 1.32 bits per heavy atom. The molecule has 1 atom stereocenters. The van der Waals surface area contributed by atoms with Gasteiger partial charge in [0.05, 0.1) is 11.5 Å². The quantitative estimate of drug-likeness (QED) is 0.815. The number of likely N-dealkylation sites (tertiary alicyclic amines) is 1. The predicted molar refractivity (Wildman–Crippen MR) is 94.4 cm³/mol. The number of ether oxygens (including phenoxy) is 1. The molecule has 0 saturated carbocycles. The van der Waals surface area contributed by atoms with Crippen molar-refractivity contribution in [1.82, 2.24) is 9.21 Å². The summed E-state index contributed by atoms with van der Waals surface area (Å²) in [6.45, 7) is 5.34. The normalized spacial score (nSPS) is 24.9. The fraction of sp³-hybridized carbons (Fsp3) is 0.667. The van der Waals surface area contributed by atoms with E-state index in [9.17, 15) is 12.8 Å². The van der Waals surface area contributed by atoms with Crippen molar-refractivity contribution < 1.29 is 17.5 Å². The number of benzene rings is 1. The first kappa shape index (κ1) is 18.8. The fourth-order valence-corrected chi connectivity index (χ4v) is 6.14. The minimum absolute atomic E-state index is 0.0837. The Kier molecular flexibility index (Phi) is 5.21. The molecule has 1 spiro atoms. The maximum absolute atomic E-state index is 13.6. The highest BCUT2D eigenvalue weighted by Crippen LogP contribution is 2.45. The molecule has 0 N–H and O–H groups in total. The Hall–Kier alpha value is -1.02. The van der Waals surface area contributed by atoms with Gasteiger partial charge in [0, 0.05) is 39.2 Å². The maximum Gasteiger partial charge on any atom is 0.243 e. The van der Waals surface area contributed by atoms with Crippen molar-refractivity contribution in [2.45, 2.75) is 24.7 Å². The average Bonchev–Trinajstić information content (AvgIpc) is 2.85. The number of piperidine rings is 1. The van der Waals surface area contributed by atoms with E-state index in [1.165, 1.54) is 16.4 Å². The van der Waals surface area contributed by atoms with Gasteiger partial charge in [0.1, 0.15) is 5.82 Å². The number of methoxy groups -OCH3 is 1. The maximum atomic E-state index is 13.6. The summed E-state index contributed by atoms with van der Waals surface area (Å²) in [5.41, 5.74) is 0.702. The standard InChI is InChI=1S/C18H27FN2O3S/c1-14-4-5-16(19)10-17(14)25(22,23)21-8-6-18(7-9-21)13-20(2)11-15(18)12-24-3/h4-5,10,15H,6-9,11-13H2,1-3H3. The number of nitrogens with zero attached hydrogens (tertiary/aromatic N) is 2. The second kappa shape index (κ2) is 6.95. The number of aryl methyl sites for hydroxylation is 1.